The maximum atomic E-state index is 12.7. The number of carbonyl (C=O) groups is 1. The highest BCUT2D eigenvalue weighted by molar-refractivity contribution is 6.05. The van der Waals surface area contributed by atoms with Gasteiger partial charge in [0.25, 0.3) is 0 Å². The molecule has 0 unspecified atom stereocenters. The monoisotopic (exact) mass is 412 g/mol. The lowest BCUT2D eigenvalue weighted by atomic mass is 10.0. The van der Waals surface area contributed by atoms with Crippen molar-refractivity contribution in [1.29, 1.82) is 0 Å². The van der Waals surface area contributed by atoms with Gasteiger partial charge in [-0.05, 0) is 23.8 Å². The maximum absolute atomic E-state index is 12.7. The molecule has 2 aromatic carbocycles. The second-order valence-electron chi connectivity index (χ2n) is 6.45. The molecule has 4 aromatic rings. The summed E-state index contributed by atoms with van der Waals surface area (Å²) in [5.74, 6) is -0.369. The first-order chi connectivity index (χ1) is 14.3. The second-order valence-corrected chi connectivity index (χ2v) is 6.45. The fourth-order valence-electron chi connectivity index (χ4n) is 3.03. The van der Waals surface area contributed by atoms with Gasteiger partial charge in [0.2, 0.25) is 5.78 Å². The molecule has 0 radical (unpaired) electrons. The van der Waals surface area contributed by atoms with Crippen molar-refractivity contribution in [3.05, 3.63) is 85.0 Å². The van der Waals surface area contributed by atoms with E-state index in [1.165, 1.54) is 24.7 Å². The number of hydrogen-bond acceptors (Lipinski definition) is 4. The number of imidazole rings is 2. The Morgan fingerprint density at radius 1 is 1.07 bits per heavy atom. The normalized spacial score (nSPS) is 11.5. The summed E-state index contributed by atoms with van der Waals surface area (Å²) in [5.41, 5.74) is 1.65. The number of benzene rings is 2. The van der Waals surface area contributed by atoms with Crippen LogP contribution >= 0.6 is 0 Å². The van der Waals surface area contributed by atoms with Crippen molar-refractivity contribution in [1.82, 2.24) is 19.1 Å². The van der Waals surface area contributed by atoms with E-state index in [0.29, 0.717) is 16.8 Å². The number of aromatic nitrogens is 4. The highest BCUT2D eigenvalue weighted by Gasteiger charge is 2.32. The van der Waals surface area contributed by atoms with Crippen LogP contribution in [0.2, 0.25) is 0 Å². The van der Waals surface area contributed by atoms with Crippen molar-refractivity contribution in [2.24, 2.45) is 7.05 Å². The molecule has 2 heterocycles. The zero-order valence-electron chi connectivity index (χ0n) is 15.7. The predicted octanol–water partition coefficient (Wildman–Crippen LogP) is 4.40. The minimum atomic E-state index is -4.79. The van der Waals surface area contributed by atoms with E-state index in [4.69, 9.17) is 0 Å². The van der Waals surface area contributed by atoms with Crippen LogP contribution in [-0.4, -0.2) is 31.2 Å². The van der Waals surface area contributed by atoms with Gasteiger partial charge < -0.3 is 13.9 Å². The SMILES string of the molecule is Cn1ccnc1C(=O)c1cn(-c2cccc(-c3ccccc3OC(F)(F)F)c2)cn1. The van der Waals surface area contributed by atoms with Crippen LogP contribution in [0.4, 0.5) is 13.2 Å². The number of hydrogen-bond donors (Lipinski definition) is 0. The summed E-state index contributed by atoms with van der Waals surface area (Å²) < 4.78 is 45.6. The first-order valence-electron chi connectivity index (χ1n) is 8.83. The Bertz CT molecular complexity index is 1210. The topological polar surface area (TPSA) is 61.9 Å². The third-order valence-electron chi connectivity index (χ3n) is 4.41. The van der Waals surface area contributed by atoms with E-state index in [2.05, 4.69) is 14.7 Å². The highest BCUT2D eigenvalue weighted by Crippen LogP contribution is 2.34. The molecular weight excluding hydrogens is 397 g/mol. The average molecular weight is 412 g/mol. The molecule has 0 fully saturated rings. The van der Waals surface area contributed by atoms with Gasteiger partial charge in [-0.15, -0.1) is 13.2 Å². The van der Waals surface area contributed by atoms with Crippen LogP contribution in [0.3, 0.4) is 0 Å². The number of rotatable bonds is 5. The summed E-state index contributed by atoms with van der Waals surface area (Å²) in [6, 6.07) is 12.7. The number of alkyl halides is 3. The van der Waals surface area contributed by atoms with Crippen molar-refractivity contribution in [2.45, 2.75) is 6.36 Å². The Hall–Kier alpha value is -3.88. The summed E-state index contributed by atoms with van der Waals surface area (Å²) in [6.45, 7) is 0. The summed E-state index contributed by atoms with van der Waals surface area (Å²) >= 11 is 0. The quantitative estimate of drug-likeness (QED) is 0.456. The first kappa shape index (κ1) is 19.4. The Labute approximate surface area is 169 Å². The van der Waals surface area contributed by atoms with Crippen molar-refractivity contribution in [2.75, 3.05) is 0 Å². The van der Waals surface area contributed by atoms with Gasteiger partial charge in [0.15, 0.2) is 5.82 Å². The Morgan fingerprint density at radius 3 is 2.60 bits per heavy atom. The fraction of sp³-hybridized carbons (Fsp3) is 0.0952. The fourth-order valence-corrected chi connectivity index (χ4v) is 3.03. The molecule has 0 atom stereocenters. The summed E-state index contributed by atoms with van der Waals surface area (Å²) in [5, 5.41) is 0. The molecule has 2 aromatic heterocycles. The van der Waals surface area contributed by atoms with Gasteiger partial charge in [-0.2, -0.15) is 0 Å². The van der Waals surface area contributed by atoms with E-state index in [-0.39, 0.29) is 23.1 Å². The van der Waals surface area contributed by atoms with E-state index < -0.39 is 6.36 Å². The van der Waals surface area contributed by atoms with Gasteiger partial charge in [0.05, 0.1) is 0 Å². The molecular formula is C21H15F3N4O2. The van der Waals surface area contributed by atoms with Crippen molar-refractivity contribution in [3.8, 4) is 22.6 Å². The molecule has 0 bridgehead atoms. The summed E-state index contributed by atoms with van der Waals surface area (Å²) in [4.78, 5) is 20.7. The molecule has 6 nitrogen and oxygen atoms in total. The largest absolute Gasteiger partial charge is 0.573 e. The number of carbonyl (C=O) groups excluding carboxylic acids is 1. The van der Waals surface area contributed by atoms with Gasteiger partial charge in [-0.1, -0.05) is 30.3 Å². The molecule has 30 heavy (non-hydrogen) atoms. The van der Waals surface area contributed by atoms with Crippen LogP contribution in [0.15, 0.2) is 73.4 Å². The standard InChI is InChI=1S/C21H15F3N4O2/c1-27-10-9-25-20(27)19(29)17-12-28(13-26-17)15-6-4-5-14(11-15)16-7-2-3-8-18(16)30-21(22,23)24/h2-13H,1H3. The van der Waals surface area contributed by atoms with Crippen LogP contribution in [0, 0.1) is 0 Å². The molecule has 0 saturated carbocycles. The smallest absolute Gasteiger partial charge is 0.405 e. The van der Waals surface area contributed by atoms with Gasteiger partial charge in [0.1, 0.15) is 17.8 Å². The molecule has 9 heteroatoms. The van der Waals surface area contributed by atoms with Gasteiger partial charge in [0, 0.05) is 36.9 Å². The van der Waals surface area contributed by atoms with Crippen LogP contribution < -0.4 is 4.74 Å². The highest BCUT2D eigenvalue weighted by atomic mass is 19.4. The van der Waals surface area contributed by atoms with Crippen LogP contribution in [0.25, 0.3) is 16.8 Å². The zero-order chi connectivity index (χ0) is 21.3. The number of halogens is 3. The molecule has 0 spiro atoms. The van der Waals surface area contributed by atoms with Crippen LogP contribution in [-0.2, 0) is 7.05 Å². The van der Waals surface area contributed by atoms with E-state index in [1.807, 2.05) is 0 Å². The van der Waals surface area contributed by atoms with Gasteiger partial charge in [-0.25, -0.2) is 9.97 Å². The molecule has 0 aliphatic heterocycles. The number of ketones is 1. The molecule has 152 valence electrons. The lowest BCUT2D eigenvalue weighted by Gasteiger charge is -2.14. The van der Waals surface area contributed by atoms with Crippen LogP contribution in [0.5, 0.6) is 5.75 Å². The zero-order valence-corrected chi connectivity index (χ0v) is 15.7. The predicted molar refractivity (Wildman–Crippen MR) is 102 cm³/mol. The Morgan fingerprint density at radius 2 is 1.87 bits per heavy atom. The lowest BCUT2D eigenvalue weighted by molar-refractivity contribution is -0.274. The number of para-hydroxylation sites is 1. The van der Waals surface area contributed by atoms with E-state index >= 15 is 0 Å². The van der Waals surface area contributed by atoms with Crippen LogP contribution in [0.1, 0.15) is 16.3 Å². The Kier molecular flexibility index (Phi) is 4.86. The Balaban J connectivity index is 1.67. The molecule has 0 saturated heterocycles. The van der Waals surface area contributed by atoms with E-state index in [0.717, 1.165) is 0 Å². The van der Waals surface area contributed by atoms with E-state index in [9.17, 15) is 18.0 Å². The van der Waals surface area contributed by atoms with Gasteiger partial charge in [-0.3, -0.25) is 4.79 Å². The van der Waals surface area contributed by atoms with Crippen molar-refractivity contribution >= 4 is 5.78 Å². The average Bonchev–Trinajstić information content (AvgIpc) is 3.36. The first-order valence-corrected chi connectivity index (χ1v) is 8.83. The number of ether oxygens (including phenoxy) is 1. The summed E-state index contributed by atoms with van der Waals surface area (Å²) in [7, 11) is 1.71. The lowest BCUT2D eigenvalue weighted by Crippen LogP contribution is -2.17. The number of nitrogens with zero attached hydrogens (tertiary/aromatic N) is 4. The molecule has 0 aliphatic rings. The molecule has 0 amide bonds. The molecule has 0 aliphatic carbocycles. The molecule has 4 rings (SSSR count). The minimum Gasteiger partial charge on any atom is -0.405 e. The third kappa shape index (κ3) is 3.95. The number of aryl methyl sites for hydroxylation is 1. The summed E-state index contributed by atoms with van der Waals surface area (Å²) in [6.07, 6.45) is 1.41. The maximum Gasteiger partial charge on any atom is 0.573 e. The minimum absolute atomic E-state index is 0.204. The van der Waals surface area contributed by atoms with Crippen molar-refractivity contribution in [3.63, 3.8) is 0 Å². The second kappa shape index (κ2) is 7.51. The van der Waals surface area contributed by atoms with Crippen molar-refractivity contribution < 1.29 is 22.7 Å². The molecule has 0 N–H and O–H groups in total. The van der Waals surface area contributed by atoms with E-state index in [1.54, 1.807) is 65.0 Å². The third-order valence-corrected chi connectivity index (χ3v) is 4.41. The van der Waals surface area contributed by atoms with Gasteiger partial charge >= 0.3 is 6.36 Å².